The van der Waals surface area contributed by atoms with Crippen molar-refractivity contribution in [2.75, 3.05) is 0 Å². The lowest BCUT2D eigenvalue weighted by Crippen LogP contribution is -2.36. The maximum Gasteiger partial charge on any atom is 0.328 e. The predicted molar refractivity (Wildman–Crippen MR) is 63.2 cm³/mol. The molecule has 0 aromatic heterocycles. The zero-order valence-electron chi connectivity index (χ0n) is 10.3. The molecular formula is C10H22NO4P. The van der Waals surface area contributed by atoms with Crippen LogP contribution in [0.2, 0.25) is 0 Å². The van der Waals surface area contributed by atoms with Gasteiger partial charge in [0.1, 0.15) is 0 Å². The Morgan fingerprint density at radius 2 is 1.81 bits per heavy atom. The van der Waals surface area contributed by atoms with Crippen LogP contribution in [0.4, 0.5) is 0 Å². The molecule has 2 unspecified atom stereocenters. The summed E-state index contributed by atoms with van der Waals surface area (Å²) >= 11 is 0. The SMILES string of the molecule is CCC(CC(C)P(=O)(O)O)C(=O)NC(C)C. The van der Waals surface area contributed by atoms with Gasteiger partial charge in [-0.05, 0) is 26.7 Å². The van der Waals surface area contributed by atoms with Gasteiger partial charge in [-0.15, -0.1) is 0 Å². The molecule has 6 heteroatoms. The van der Waals surface area contributed by atoms with Gasteiger partial charge in [-0.3, -0.25) is 9.36 Å². The highest BCUT2D eigenvalue weighted by atomic mass is 31.2. The molecular weight excluding hydrogens is 229 g/mol. The van der Waals surface area contributed by atoms with Gasteiger partial charge in [0.05, 0.1) is 5.66 Å². The fraction of sp³-hybridized carbons (Fsp3) is 0.900. The van der Waals surface area contributed by atoms with Crippen molar-refractivity contribution >= 4 is 13.5 Å². The zero-order valence-corrected chi connectivity index (χ0v) is 11.2. The van der Waals surface area contributed by atoms with Crippen LogP contribution in [0.3, 0.4) is 0 Å². The average Bonchev–Trinajstić information content (AvgIpc) is 2.10. The van der Waals surface area contributed by atoms with Gasteiger partial charge in [0, 0.05) is 12.0 Å². The van der Waals surface area contributed by atoms with Gasteiger partial charge in [0.15, 0.2) is 0 Å². The number of carbonyl (C=O) groups is 1. The molecule has 2 atom stereocenters. The molecule has 0 fully saturated rings. The third kappa shape index (κ3) is 5.64. The Hall–Kier alpha value is -0.380. The summed E-state index contributed by atoms with van der Waals surface area (Å²) in [6, 6.07) is 0.0481. The minimum Gasteiger partial charge on any atom is -0.354 e. The largest absolute Gasteiger partial charge is 0.354 e. The number of amides is 1. The fourth-order valence-electron chi connectivity index (χ4n) is 1.41. The fourth-order valence-corrected chi connectivity index (χ4v) is 1.94. The lowest BCUT2D eigenvalue weighted by Gasteiger charge is -2.21. The molecule has 0 rings (SSSR count). The highest BCUT2D eigenvalue weighted by Crippen LogP contribution is 2.44. The minimum absolute atomic E-state index is 0.0481. The van der Waals surface area contributed by atoms with Crippen LogP contribution in [0.25, 0.3) is 0 Å². The molecule has 3 N–H and O–H groups in total. The van der Waals surface area contributed by atoms with Crippen LogP contribution in [-0.2, 0) is 9.36 Å². The average molecular weight is 251 g/mol. The molecule has 0 radical (unpaired) electrons. The van der Waals surface area contributed by atoms with Gasteiger partial charge in [0.2, 0.25) is 5.91 Å². The van der Waals surface area contributed by atoms with Gasteiger partial charge in [-0.1, -0.05) is 13.8 Å². The molecule has 0 saturated heterocycles. The van der Waals surface area contributed by atoms with Gasteiger partial charge >= 0.3 is 7.60 Å². The summed E-state index contributed by atoms with van der Waals surface area (Å²) in [5.41, 5.74) is -0.768. The Morgan fingerprint density at radius 3 is 2.12 bits per heavy atom. The quantitative estimate of drug-likeness (QED) is 0.624. The standard InChI is InChI=1S/C10H22NO4P/c1-5-9(10(12)11-7(2)3)6-8(4)16(13,14)15/h7-9H,5-6H2,1-4H3,(H,11,12)(H2,13,14,15). The molecule has 0 aliphatic rings. The summed E-state index contributed by atoms with van der Waals surface area (Å²) in [6.45, 7) is 7.04. The van der Waals surface area contributed by atoms with E-state index in [9.17, 15) is 9.36 Å². The van der Waals surface area contributed by atoms with Crippen molar-refractivity contribution in [3.05, 3.63) is 0 Å². The molecule has 1 amide bonds. The summed E-state index contributed by atoms with van der Waals surface area (Å²) in [5.74, 6) is -0.456. The maximum absolute atomic E-state index is 11.7. The third-order valence-electron chi connectivity index (χ3n) is 2.49. The zero-order chi connectivity index (χ0) is 12.9. The van der Waals surface area contributed by atoms with E-state index in [-0.39, 0.29) is 24.3 Å². The molecule has 0 aromatic rings. The second-order valence-corrected chi connectivity index (χ2v) is 6.50. The molecule has 0 bridgehead atoms. The Kier molecular flexibility index (Phi) is 6.23. The van der Waals surface area contributed by atoms with Gasteiger partial charge in [-0.25, -0.2) is 0 Å². The van der Waals surface area contributed by atoms with Crippen molar-refractivity contribution in [3.8, 4) is 0 Å². The highest BCUT2D eigenvalue weighted by Gasteiger charge is 2.29. The molecule has 16 heavy (non-hydrogen) atoms. The first-order valence-electron chi connectivity index (χ1n) is 5.54. The van der Waals surface area contributed by atoms with Crippen LogP contribution in [-0.4, -0.2) is 27.4 Å². The van der Waals surface area contributed by atoms with E-state index >= 15 is 0 Å². The van der Waals surface area contributed by atoms with Crippen LogP contribution >= 0.6 is 7.60 Å². The van der Waals surface area contributed by atoms with Crippen molar-refractivity contribution in [2.24, 2.45) is 5.92 Å². The number of carbonyl (C=O) groups excluding carboxylic acids is 1. The number of hydrogen-bond acceptors (Lipinski definition) is 2. The second-order valence-electron chi connectivity index (χ2n) is 4.44. The monoisotopic (exact) mass is 251 g/mol. The third-order valence-corrected chi connectivity index (χ3v) is 3.85. The lowest BCUT2D eigenvalue weighted by molar-refractivity contribution is -0.125. The number of hydrogen-bond donors (Lipinski definition) is 3. The van der Waals surface area contributed by atoms with Crippen molar-refractivity contribution in [1.29, 1.82) is 0 Å². The molecule has 0 aliphatic carbocycles. The van der Waals surface area contributed by atoms with Crippen molar-refractivity contribution < 1.29 is 19.1 Å². The first-order valence-corrected chi connectivity index (χ1v) is 7.22. The Balaban J connectivity index is 4.41. The summed E-state index contributed by atoms with van der Waals surface area (Å²) in [4.78, 5) is 29.6. The van der Waals surface area contributed by atoms with Crippen LogP contribution in [0, 0.1) is 5.92 Å². The first kappa shape index (κ1) is 15.6. The van der Waals surface area contributed by atoms with Crippen molar-refractivity contribution in [2.45, 2.75) is 52.2 Å². The normalized spacial score (nSPS) is 15.9. The number of nitrogens with one attached hydrogen (secondary N) is 1. The summed E-state index contributed by atoms with van der Waals surface area (Å²) in [6.07, 6.45) is 0.808. The number of rotatable bonds is 6. The first-order chi connectivity index (χ1) is 7.18. The predicted octanol–water partition coefficient (Wildman–Crippen LogP) is 1.49. The molecule has 0 spiro atoms. The van der Waals surface area contributed by atoms with Crippen LogP contribution in [0.1, 0.15) is 40.5 Å². The second kappa shape index (κ2) is 6.38. The maximum atomic E-state index is 11.7. The van der Waals surface area contributed by atoms with E-state index in [1.807, 2.05) is 20.8 Å². The van der Waals surface area contributed by atoms with Gasteiger partial charge < -0.3 is 15.1 Å². The van der Waals surface area contributed by atoms with E-state index in [4.69, 9.17) is 9.79 Å². The minimum atomic E-state index is -4.08. The summed E-state index contributed by atoms with van der Waals surface area (Å²) in [7, 11) is -4.08. The van der Waals surface area contributed by atoms with E-state index in [1.165, 1.54) is 6.92 Å². The van der Waals surface area contributed by atoms with E-state index < -0.39 is 13.3 Å². The van der Waals surface area contributed by atoms with Crippen LogP contribution in [0.5, 0.6) is 0 Å². The van der Waals surface area contributed by atoms with Crippen LogP contribution < -0.4 is 5.32 Å². The smallest absolute Gasteiger partial charge is 0.328 e. The van der Waals surface area contributed by atoms with E-state index in [1.54, 1.807) is 0 Å². The lowest BCUT2D eigenvalue weighted by atomic mass is 9.99. The summed E-state index contributed by atoms with van der Waals surface area (Å²) in [5, 5.41) is 2.76. The Labute approximate surface area is 96.8 Å². The Bertz CT molecular complexity index is 274. The highest BCUT2D eigenvalue weighted by molar-refractivity contribution is 7.52. The topological polar surface area (TPSA) is 86.6 Å². The van der Waals surface area contributed by atoms with Crippen molar-refractivity contribution in [1.82, 2.24) is 5.32 Å². The van der Waals surface area contributed by atoms with Gasteiger partial charge in [0.25, 0.3) is 0 Å². The molecule has 0 heterocycles. The van der Waals surface area contributed by atoms with Gasteiger partial charge in [-0.2, -0.15) is 0 Å². The Morgan fingerprint density at radius 1 is 1.31 bits per heavy atom. The van der Waals surface area contributed by atoms with Crippen molar-refractivity contribution in [3.63, 3.8) is 0 Å². The molecule has 0 saturated carbocycles. The molecule has 0 aromatic carbocycles. The molecule has 0 aliphatic heterocycles. The van der Waals surface area contributed by atoms with E-state index in [0.717, 1.165) is 0 Å². The summed E-state index contributed by atoms with van der Waals surface area (Å²) < 4.78 is 11.0. The molecule has 96 valence electrons. The van der Waals surface area contributed by atoms with Crippen LogP contribution in [0.15, 0.2) is 0 Å². The molecule has 5 nitrogen and oxygen atoms in total. The van der Waals surface area contributed by atoms with E-state index in [2.05, 4.69) is 5.32 Å². The van der Waals surface area contributed by atoms with E-state index in [0.29, 0.717) is 6.42 Å².